The van der Waals surface area contributed by atoms with Crippen molar-refractivity contribution >= 4 is 17.7 Å². The quantitative estimate of drug-likeness (QED) is 0.436. The maximum Gasteiger partial charge on any atom is 0.338 e. The lowest BCUT2D eigenvalue weighted by atomic mass is 10.1. The fraction of sp³-hybridized carbons (Fsp3) is 0.333. The molecule has 0 aliphatic heterocycles. The predicted octanol–water partition coefficient (Wildman–Crippen LogP) is 2.61. The molecule has 0 saturated carbocycles. The van der Waals surface area contributed by atoms with Gasteiger partial charge in [-0.3, -0.25) is 0 Å². The van der Waals surface area contributed by atoms with Crippen LogP contribution in [0.1, 0.15) is 31.1 Å². The Bertz CT molecular complexity index is 423. The van der Waals surface area contributed by atoms with Gasteiger partial charge in [0.2, 0.25) is 6.08 Å². The van der Waals surface area contributed by atoms with Crippen LogP contribution in [0.2, 0.25) is 0 Å². The van der Waals surface area contributed by atoms with Crippen LogP contribution >= 0.6 is 0 Å². The third-order valence-corrected chi connectivity index (χ3v) is 1.68. The van der Waals surface area contributed by atoms with Crippen molar-refractivity contribution in [2.45, 2.75) is 26.4 Å². The summed E-state index contributed by atoms with van der Waals surface area (Å²) in [6.07, 6.45) is 1.43. The lowest BCUT2D eigenvalue weighted by molar-refractivity contribution is 0.00696. The third-order valence-electron chi connectivity index (χ3n) is 1.68. The topological polar surface area (TPSA) is 55.7 Å². The molecule has 0 amide bonds. The van der Waals surface area contributed by atoms with E-state index in [1.807, 2.05) is 0 Å². The summed E-state index contributed by atoms with van der Waals surface area (Å²) in [6.45, 7) is 5.40. The monoisotopic (exact) mass is 219 g/mol. The fourth-order valence-corrected chi connectivity index (χ4v) is 1.06. The summed E-state index contributed by atoms with van der Waals surface area (Å²) in [4.78, 5) is 25.0. The fourth-order valence-electron chi connectivity index (χ4n) is 1.06. The van der Waals surface area contributed by atoms with Crippen molar-refractivity contribution in [3.63, 3.8) is 0 Å². The Morgan fingerprint density at radius 2 is 1.81 bits per heavy atom. The molecule has 0 N–H and O–H groups in total. The van der Waals surface area contributed by atoms with Gasteiger partial charge in [0.25, 0.3) is 0 Å². The maximum atomic E-state index is 11.6. The molecule has 0 fully saturated rings. The van der Waals surface area contributed by atoms with Crippen LogP contribution in [-0.4, -0.2) is 17.7 Å². The Labute approximate surface area is 94.0 Å². The highest BCUT2D eigenvalue weighted by Crippen LogP contribution is 2.15. The average molecular weight is 219 g/mol. The van der Waals surface area contributed by atoms with Crippen molar-refractivity contribution in [2.24, 2.45) is 4.99 Å². The van der Waals surface area contributed by atoms with Gasteiger partial charge in [-0.05, 0) is 45.0 Å². The van der Waals surface area contributed by atoms with Crippen molar-refractivity contribution in [1.29, 1.82) is 0 Å². The summed E-state index contributed by atoms with van der Waals surface area (Å²) in [7, 11) is 0. The van der Waals surface area contributed by atoms with Gasteiger partial charge in [-0.1, -0.05) is 0 Å². The molecule has 0 aliphatic carbocycles. The Hall–Kier alpha value is -1.93. The molecule has 84 valence electrons. The minimum Gasteiger partial charge on any atom is -0.456 e. The summed E-state index contributed by atoms with van der Waals surface area (Å²) in [5, 5.41) is 0. The van der Waals surface area contributed by atoms with Gasteiger partial charge in [0.05, 0.1) is 11.3 Å². The first-order chi connectivity index (χ1) is 7.42. The first-order valence-corrected chi connectivity index (χ1v) is 4.84. The molecule has 0 bridgehead atoms. The minimum atomic E-state index is -0.517. The van der Waals surface area contributed by atoms with Crippen LogP contribution in [0.15, 0.2) is 29.3 Å². The van der Waals surface area contributed by atoms with Crippen molar-refractivity contribution in [2.75, 3.05) is 0 Å². The second-order valence-corrected chi connectivity index (χ2v) is 4.25. The molecule has 4 nitrogen and oxygen atoms in total. The van der Waals surface area contributed by atoms with E-state index in [9.17, 15) is 9.59 Å². The number of carbonyl (C=O) groups is 1. The van der Waals surface area contributed by atoms with Gasteiger partial charge in [0.1, 0.15) is 5.60 Å². The summed E-state index contributed by atoms with van der Waals surface area (Å²) < 4.78 is 5.18. The molecule has 0 aliphatic rings. The Balaban J connectivity index is 2.82. The smallest absolute Gasteiger partial charge is 0.338 e. The molecule has 0 radical (unpaired) electrons. The van der Waals surface area contributed by atoms with Gasteiger partial charge < -0.3 is 4.74 Å². The number of aliphatic imine (C=N–C) groups is 1. The van der Waals surface area contributed by atoms with Gasteiger partial charge in [-0.25, -0.2) is 9.59 Å². The number of nitrogens with zero attached hydrogens (tertiary/aromatic N) is 1. The zero-order valence-electron chi connectivity index (χ0n) is 9.48. The Morgan fingerprint density at radius 1 is 1.25 bits per heavy atom. The second-order valence-electron chi connectivity index (χ2n) is 4.25. The Kier molecular flexibility index (Phi) is 3.59. The van der Waals surface area contributed by atoms with E-state index < -0.39 is 11.6 Å². The van der Waals surface area contributed by atoms with Crippen LogP contribution in [0, 0.1) is 0 Å². The normalized spacial score (nSPS) is 10.4. The van der Waals surface area contributed by atoms with Gasteiger partial charge in [0.15, 0.2) is 0 Å². The SMILES string of the molecule is CC(C)(C)OC(=O)c1ccc(N=C=O)cc1. The molecule has 1 aromatic rings. The number of rotatable bonds is 2. The number of hydrogen-bond acceptors (Lipinski definition) is 4. The van der Waals surface area contributed by atoms with Crippen LogP contribution in [-0.2, 0) is 9.53 Å². The summed E-state index contributed by atoms with van der Waals surface area (Å²) >= 11 is 0. The molecule has 0 aromatic heterocycles. The molecule has 16 heavy (non-hydrogen) atoms. The highest BCUT2D eigenvalue weighted by Gasteiger charge is 2.17. The predicted molar refractivity (Wildman–Crippen MR) is 59.4 cm³/mol. The highest BCUT2D eigenvalue weighted by atomic mass is 16.6. The Morgan fingerprint density at radius 3 is 2.25 bits per heavy atom. The molecule has 0 heterocycles. The first kappa shape index (κ1) is 12.1. The number of isocyanates is 1. The van der Waals surface area contributed by atoms with E-state index in [-0.39, 0.29) is 0 Å². The lowest BCUT2D eigenvalue weighted by Gasteiger charge is -2.19. The number of esters is 1. The maximum absolute atomic E-state index is 11.6. The van der Waals surface area contributed by atoms with Gasteiger partial charge in [0, 0.05) is 0 Å². The molecule has 0 saturated heterocycles. The molecule has 4 heteroatoms. The van der Waals surface area contributed by atoms with E-state index in [0.717, 1.165) is 0 Å². The van der Waals surface area contributed by atoms with Crippen molar-refractivity contribution < 1.29 is 14.3 Å². The van der Waals surface area contributed by atoms with E-state index in [0.29, 0.717) is 11.3 Å². The van der Waals surface area contributed by atoms with E-state index in [1.165, 1.54) is 6.08 Å². The van der Waals surface area contributed by atoms with Crippen LogP contribution in [0.4, 0.5) is 5.69 Å². The highest BCUT2D eigenvalue weighted by molar-refractivity contribution is 5.90. The van der Waals surface area contributed by atoms with Crippen LogP contribution in [0.25, 0.3) is 0 Å². The third kappa shape index (κ3) is 3.67. The van der Waals surface area contributed by atoms with E-state index >= 15 is 0 Å². The van der Waals surface area contributed by atoms with Crippen LogP contribution in [0.5, 0.6) is 0 Å². The lowest BCUT2D eigenvalue weighted by Crippen LogP contribution is -2.23. The zero-order chi connectivity index (χ0) is 12.2. The average Bonchev–Trinajstić information content (AvgIpc) is 2.16. The number of carbonyl (C=O) groups excluding carboxylic acids is 2. The summed E-state index contributed by atoms with van der Waals surface area (Å²) in [6, 6.07) is 6.24. The largest absolute Gasteiger partial charge is 0.456 e. The molecular weight excluding hydrogens is 206 g/mol. The van der Waals surface area contributed by atoms with Gasteiger partial charge in [-0.15, -0.1) is 0 Å². The molecule has 1 aromatic carbocycles. The van der Waals surface area contributed by atoms with Crippen LogP contribution < -0.4 is 0 Å². The number of benzene rings is 1. The first-order valence-electron chi connectivity index (χ1n) is 4.84. The molecule has 0 atom stereocenters. The zero-order valence-corrected chi connectivity index (χ0v) is 9.48. The molecular formula is C12H13NO3. The van der Waals surface area contributed by atoms with Gasteiger partial charge >= 0.3 is 5.97 Å². The molecule has 0 unspecified atom stereocenters. The van der Waals surface area contributed by atoms with Crippen molar-refractivity contribution in [3.05, 3.63) is 29.8 Å². The van der Waals surface area contributed by atoms with E-state index in [2.05, 4.69) is 4.99 Å². The number of ether oxygens (including phenoxy) is 1. The summed E-state index contributed by atoms with van der Waals surface area (Å²) in [5.41, 5.74) is 0.374. The minimum absolute atomic E-state index is 0.394. The van der Waals surface area contributed by atoms with Gasteiger partial charge in [-0.2, -0.15) is 4.99 Å². The molecule has 1 rings (SSSR count). The van der Waals surface area contributed by atoms with Crippen molar-refractivity contribution in [1.82, 2.24) is 0 Å². The standard InChI is InChI=1S/C12H13NO3/c1-12(2,3)16-11(15)9-4-6-10(7-5-9)13-8-14/h4-7H,1-3H3. The number of hydrogen-bond donors (Lipinski definition) is 0. The molecule has 0 spiro atoms. The van der Waals surface area contributed by atoms with Crippen LogP contribution in [0.3, 0.4) is 0 Å². The van der Waals surface area contributed by atoms with E-state index in [1.54, 1.807) is 45.0 Å². The van der Waals surface area contributed by atoms with Crippen molar-refractivity contribution in [3.8, 4) is 0 Å². The second kappa shape index (κ2) is 4.73. The van der Waals surface area contributed by atoms with E-state index in [4.69, 9.17) is 4.74 Å². The summed E-state index contributed by atoms with van der Waals surface area (Å²) in [5.74, 6) is -0.394.